The Bertz CT molecular complexity index is 753. The van der Waals surface area contributed by atoms with E-state index in [1.165, 1.54) is 13.1 Å². The van der Waals surface area contributed by atoms with Crippen molar-refractivity contribution in [1.82, 2.24) is 5.01 Å². The summed E-state index contributed by atoms with van der Waals surface area (Å²) < 4.78 is 0. The number of carbonyl (C=O) groups excluding carboxylic acids is 2. The van der Waals surface area contributed by atoms with Crippen LogP contribution in [0.25, 0.3) is 11.1 Å². The van der Waals surface area contributed by atoms with E-state index in [-0.39, 0.29) is 11.3 Å². The van der Waals surface area contributed by atoms with Gasteiger partial charge in [-0.1, -0.05) is 36.4 Å². The largest absolute Gasteiger partial charge is 0.289 e. The molecule has 2 aromatic carbocycles. The number of rotatable bonds is 2. The highest BCUT2D eigenvalue weighted by Gasteiger charge is 2.31. The van der Waals surface area contributed by atoms with Crippen molar-refractivity contribution >= 4 is 11.7 Å². The van der Waals surface area contributed by atoms with Crippen molar-refractivity contribution in [2.24, 2.45) is 5.29 Å². The van der Waals surface area contributed by atoms with Crippen molar-refractivity contribution in [3.05, 3.63) is 64.1 Å². The zero-order valence-electron chi connectivity index (χ0n) is 10.7. The van der Waals surface area contributed by atoms with Gasteiger partial charge >= 0.3 is 0 Å². The van der Waals surface area contributed by atoms with Crippen molar-refractivity contribution in [3.8, 4) is 11.1 Å². The molecule has 0 atom stereocenters. The van der Waals surface area contributed by atoms with E-state index >= 15 is 0 Å². The Morgan fingerprint density at radius 3 is 2.35 bits per heavy atom. The molecular weight excluding hydrogens is 256 g/mol. The number of fused-ring (bicyclic) bond motifs is 3. The maximum atomic E-state index is 12.4. The van der Waals surface area contributed by atoms with Crippen LogP contribution in [0.1, 0.15) is 26.3 Å². The average molecular weight is 266 g/mol. The Balaban J connectivity index is 2.23. The second-order valence-electron chi connectivity index (χ2n) is 4.51. The minimum absolute atomic E-state index is 0.196. The molecule has 0 heterocycles. The SMILES string of the molecule is CN(N=O)C(=O)c1cccc2c1C(=O)c1ccccc1-2. The van der Waals surface area contributed by atoms with Crippen LogP contribution in [0.4, 0.5) is 0 Å². The van der Waals surface area contributed by atoms with Crippen molar-refractivity contribution in [1.29, 1.82) is 0 Å². The molecule has 0 saturated carbocycles. The van der Waals surface area contributed by atoms with E-state index < -0.39 is 5.91 Å². The molecule has 0 bridgehead atoms. The Morgan fingerprint density at radius 1 is 1.00 bits per heavy atom. The van der Waals surface area contributed by atoms with Crippen LogP contribution < -0.4 is 0 Å². The molecule has 0 radical (unpaired) electrons. The van der Waals surface area contributed by atoms with Gasteiger partial charge in [0.05, 0.1) is 10.8 Å². The second kappa shape index (κ2) is 4.38. The monoisotopic (exact) mass is 266 g/mol. The van der Waals surface area contributed by atoms with Gasteiger partial charge in [-0.3, -0.25) is 9.59 Å². The third kappa shape index (κ3) is 1.56. The molecule has 98 valence electrons. The zero-order chi connectivity index (χ0) is 14.3. The van der Waals surface area contributed by atoms with E-state index in [0.29, 0.717) is 16.1 Å². The van der Waals surface area contributed by atoms with E-state index in [2.05, 4.69) is 5.29 Å². The lowest BCUT2D eigenvalue weighted by atomic mass is 10.0. The summed E-state index contributed by atoms with van der Waals surface area (Å²) >= 11 is 0. The second-order valence-corrected chi connectivity index (χ2v) is 4.51. The summed E-state index contributed by atoms with van der Waals surface area (Å²) in [4.78, 5) is 35.0. The van der Waals surface area contributed by atoms with Crippen molar-refractivity contribution in [2.45, 2.75) is 0 Å². The van der Waals surface area contributed by atoms with Crippen LogP contribution in [0.2, 0.25) is 0 Å². The minimum atomic E-state index is -0.585. The van der Waals surface area contributed by atoms with Crippen LogP contribution in [-0.4, -0.2) is 23.7 Å². The number of carbonyl (C=O) groups is 2. The van der Waals surface area contributed by atoms with Gasteiger partial charge in [0.1, 0.15) is 0 Å². The predicted molar refractivity (Wildman–Crippen MR) is 73.2 cm³/mol. The zero-order valence-corrected chi connectivity index (χ0v) is 10.7. The summed E-state index contributed by atoms with van der Waals surface area (Å²) in [7, 11) is 1.27. The van der Waals surface area contributed by atoms with Gasteiger partial charge in [0.15, 0.2) is 5.78 Å². The molecular formula is C15H10N2O3. The molecule has 0 unspecified atom stereocenters. The molecule has 2 aromatic rings. The van der Waals surface area contributed by atoms with Crippen LogP contribution in [-0.2, 0) is 0 Å². The van der Waals surface area contributed by atoms with Crippen LogP contribution in [0.15, 0.2) is 47.8 Å². The maximum Gasteiger partial charge on any atom is 0.277 e. The first-order chi connectivity index (χ1) is 9.65. The molecule has 1 aliphatic carbocycles. The Kier molecular flexibility index (Phi) is 2.68. The Labute approximate surface area is 114 Å². The molecule has 0 aliphatic heterocycles. The third-order valence-electron chi connectivity index (χ3n) is 3.40. The van der Waals surface area contributed by atoms with Crippen LogP contribution in [0.3, 0.4) is 0 Å². The van der Waals surface area contributed by atoms with Gasteiger partial charge in [-0.2, -0.15) is 5.01 Å². The third-order valence-corrected chi connectivity index (χ3v) is 3.40. The smallest absolute Gasteiger partial charge is 0.277 e. The summed E-state index contributed by atoms with van der Waals surface area (Å²) in [5.41, 5.74) is 2.64. The lowest BCUT2D eigenvalue weighted by Gasteiger charge is -2.10. The van der Waals surface area contributed by atoms with Gasteiger partial charge in [0.2, 0.25) is 0 Å². The highest BCUT2D eigenvalue weighted by Crippen LogP contribution is 2.38. The van der Waals surface area contributed by atoms with Crippen molar-refractivity contribution in [3.63, 3.8) is 0 Å². The summed E-state index contributed by atoms with van der Waals surface area (Å²) in [5.74, 6) is -0.781. The molecule has 0 aromatic heterocycles. The lowest BCUT2D eigenvalue weighted by Crippen LogP contribution is -2.22. The standard InChI is InChI=1S/C15H10N2O3/c1-17(16-20)15(19)12-8-4-7-10-9-5-2-3-6-11(9)14(18)13(10)12/h2-8H,1H3. The Morgan fingerprint density at radius 2 is 1.65 bits per heavy atom. The number of hydrogen-bond donors (Lipinski definition) is 0. The maximum absolute atomic E-state index is 12.4. The van der Waals surface area contributed by atoms with Gasteiger partial charge in [-0.05, 0) is 17.2 Å². The number of amides is 1. The molecule has 0 saturated heterocycles. The number of nitrogens with zero attached hydrogens (tertiary/aromatic N) is 2. The number of ketones is 1. The number of hydrogen-bond acceptors (Lipinski definition) is 4. The van der Waals surface area contributed by atoms with E-state index in [1.54, 1.807) is 24.3 Å². The molecule has 0 fully saturated rings. The molecule has 5 nitrogen and oxygen atoms in total. The van der Waals surface area contributed by atoms with Crippen molar-refractivity contribution < 1.29 is 9.59 Å². The molecule has 1 amide bonds. The van der Waals surface area contributed by atoms with Crippen LogP contribution in [0.5, 0.6) is 0 Å². The molecule has 0 spiro atoms. The highest BCUT2D eigenvalue weighted by molar-refractivity contribution is 6.25. The van der Waals surface area contributed by atoms with E-state index in [0.717, 1.165) is 11.1 Å². The fourth-order valence-electron chi connectivity index (χ4n) is 2.46. The number of benzene rings is 2. The predicted octanol–water partition coefficient (Wildman–Crippen LogP) is 2.65. The first-order valence-electron chi connectivity index (χ1n) is 6.03. The normalized spacial score (nSPS) is 11.8. The quantitative estimate of drug-likeness (QED) is 0.529. The van der Waals surface area contributed by atoms with Gasteiger partial charge in [-0.25, -0.2) is 0 Å². The lowest BCUT2D eigenvalue weighted by molar-refractivity contribution is 0.0792. The highest BCUT2D eigenvalue weighted by atomic mass is 16.3. The minimum Gasteiger partial charge on any atom is -0.289 e. The fourth-order valence-corrected chi connectivity index (χ4v) is 2.46. The van der Waals surface area contributed by atoms with Crippen molar-refractivity contribution in [2.75, 3.05) is 7.05 Å². The summed E-state index contributed by atoms with van der Waals surface area (Å²) in [5, 5.41) is 3.27. The molecule has 1 aliphatic rings. The average Bonchev–Trinajstić information content (AvgIpc) is 2.80. The van der Waals surface area contributed by atoms with Gasteiger partial charge in [0.25, 0.3) is 5.91 Å². The first kappa shape index (κ1) is 12.2. The molecule has 3 rings (SSSR count). The molecule has 0 N–H and O–H groups in total. The van der Waals surface area contributed by atoms with E-state index in [1.807, 2.05) is 12.1 Å². The summed E-state index contributed by atoms with van der Waals surface area (Å²) in [6, 6.07) is 12.2. The van der Waals surface area contributed by atoms with Gasteiger partial charge in [0, 0.05) is 18.2 Å². The van der Waals surface area contributed by atoms with Gasteiger partial charge < -0.3 is 0 Å². The summed E-state index contributed by atoms with van der Waals surface area (Å²) in [6.07, 6.45) is 0. The van der Waals surface area contributed by atoms with Gasteiger partial charge in [-0.15, -0.1) is 4.91 Å². The first-order valence-corrected chi connectivity index (χ1v) is 6.03. The summed E-state index contributed by atoms with van der Waals surface area (Å²) in [6.45, 7) is 0. The fraction of sp³-hybridized carbons (Fsp3) is 0.0667. The topological polar surface area (TPSA) is 66.8 Å². The molecule has 5 heteroatoms. The van der Waals surface area contributed by atoms with E-state index in [9.17, 15) is 14.5 Å². The van der Waals surface area contributed by atoms with Crippen LogP contribution in [0, 0.1) is 4.91 Å². The number of nitroso groups, excluding NO2 is 1. The van der Waals surface area contributed by atoms with Crippen LogP contribution >= 0.6 is 0 Å². The molecule has 20 heavy (non-hydrogen) atoms. The van der Waals surface area contributed by atoms with E-state index in [4.69, 9.17) is 0 Å². The Hall–Kier alpha value is -2.82.